The number of hydrogen-bond acceptors (Lipinski definition) is 9. The summed E-state index contributed by atoms with van der Waals surface area (Å²) in [5, 5.41) is 13.1. The van der Waals surface area contributed by atoms with Crippen molar-refractivity contribution in [1.82, 2.24) is 4.58 Å². The number of methoxy groups -OCH3 is 2. The number of nitrogens with zero attached hydrogens (tertiary/aromatic N) is 3. The summed E-state index contributed by atoms with van der Waals surface area (Å²) in [5.41, 5.74) is 15.8. The van der Waals surface area contributed by atoms with E-state index in [9.17, 15) is 5.11 Å². The highest BCUT2D eigenvalue weighted by Gasteiger charge is 2.44. The molecule has 0 saturated heterocycles. The molecule has 10 heteroatoms. The molecule has 0 radical (unpaired) electrons. The lowest BCUT2D eigenvalue weighted by atomic mass is 9.68. The lowest BCUT2D eigenvalue weighted by Gasteiger charge is -2.48. The number of anilines is 2. The molecule has 0 atom stereocenters. The average molecular weight is 1060 g/mol. The summed E-state index contributed by atoms with van der Waals surface area (Å²) in [7, 11) is 3.39. The van der Waals surface area contributed by atoms with Gasteiger partial charge in [0.05, 0.1) is 26.0 Å². The lowest BCUT2D eigenvalue weighted by Crippen LogP contribution is -2.44. The molecular weight excluding hydrogens is 979 g/mol. The molecule has 0 saturated carbocycles. The van der Waals surface area contributed by atoms with Gasteiger partial charge in [0.2, 0.25) is 5.36 Å². The van der Waals surface area contributed by atoms with Crippen LogP contribution < -0.4 is 29.2 Å². The van der Waals surface area contributed by atoms with Crippen LogP contribution in [0.3, 0.4) is 0 Å². The van der Waals surface area contributed by atoms with Gasteiger partial charge in [0, 0.05) is 81.3 Å². The Balaban J connectivity index is 1.15. The summed E-state index contributed by atoms with van der Waals surface area (Å²) in [6.45, 7) is 20.2. The Morgan fingerprint density at radius 1 is 0.658 bits per heavy atom. The van der Waals surface area contributed by atoms with E-state index in [1.807, 2.05) is 30.3 Å². The summed E-state index contributed by atoms with van der Waals surface area (Å²) < 4.78 is 28.7. The Bertz CT molecular complexity index is 3180. The summed E-state index contributed by atoms with van der Waals surface area (Å²) in [6, 6.07) is 36.4. The maximum Gasteiger partial charge on any atom is 0.203 e. The van der Waals surface area contributed by atoms with Crippen molar-refractivity contribution in [3.8, 4) is 33.9 Å². The number of unbranched alkanes of at least 4 members (excludes halogenated alkanes) is 2. The standard InChI is InChI=1S/C66H78N3O5S2/c1-9-11-18-51-57(52(19-12-10-2)63-60-62(51)75-40-36-69(60)37-41-76-63)56-50-29-24-47(42-55(50)74-61-53(56)43-54-59-58(61)65(5,6)31-33-68(59)32-30-64(54,3)4)67(34-38-70)35-39-73-66(44-16-14-13-15-17-44,45-20-25-48(71-7)26-21-45)46-22-27-49(72-8)28-23-46/h13-17,20-29,42-43,70H,9-12,18-19,30-41H2,1-8H3/q+1. The van der Waals surface area contributed by atoms with Gasteiger partial charge in [-0.2, -0.15) is 0 Å². The molecular formula is C66H78N3O5S2+. The maximum absolute atomic E-state index is 10.9. The molecule has 8 nitrogen and oxygen atoms in total. The quantitative estimate of drug-likeness (QED) is 0.0514. The van der Waals surface area contributed by atoms with Crippen molar-refractivity contribution < 1.29 is 23.7 Å². The van der Waals surface area contributed by atoms with E-state index in [-0.39, 0.29) is 17.4 Å². The zero-order chi connectivity index (χ0) is 52.8. The van der Waals surface area contributed by atoms with Crippen LogP contribution >= 0.6 is 23.5 Å². The van der Waals surface area contributed by atoms with E-state index < -0.39 is 5.60 Å². The number of hydrogen-bond donors (Lipinski definition) is 1. The summed E-state index contributed by atoms with van der Waals surface area (Å²) >= 11 is 4.21. The number of rotatable bonds is 18. The molecule has 398 valence electrons. The number of aliphatic hydroxyl groups is 1. The molecule has 5 aromatic rings. The largest absolute Gasteiger partial charge is 0.497 e. The van der Waals surface area contributed by atoms with Crippen molar-refractivity contribution >= 4 is 45.9 Å². The minimum Gasteiger partial charge on any atom is -0.497 e. The number of fused-ring (bicyclic) bond motifs is 3. The summed E-state index contributed by atoms with van der Waals surface area (Å²) in [4.78, 5) is 8.45. The molecule has 0 unspecified atom stereocenters. The second-order valence-corrected chi connectivity index (χ2v) is 24.9. The van der Waals surface area contributed by atoms with Gasteiger partial charge in [-0.1, -0.05) is 109 Å². The normalized spacial score (nSPS) is 16.9. The Morgan fingerprint density at radius 3 is 1.82 bits per heavy atom. The predicted molar refractivity (Wildman–Crippen MR) is 317 cm³/mol. The predicted octanol–water partition coefficient (Wildman–Crippen LogP) is 13.9. The highest BCUT2D eigenvalue weighted by atomic mass is 32.2. The molecule has 0 bridgehead atoms. The van der Waals surface area contributed by atoms with Crippen molar-refractivity contribution in [2.75, 3.05) is 88.0 Å². The van der Waals surface area contributed by atoms with Gasteiger partial charge in [-0.15, -0.1) is 23.5 Å². The van der Waals surface area contributed by atoms with Crippen LogP contribution in [0.5, 0.6) is 11.5 Å². The fraction of sp³-hybridized carbons (Fsp3) is 0.439. The second-order valence-electron chi connectivity index (χ2n) is 22.7. The molecule has 0 spiro atoms. The van der Waals surface area contributed by atoms with Crippen molar-refractivity contribution in [2.45, 2.75) is 119 Å². The molecule has 6 aliphatic rings. The Labute approximate surface area is 460 Å². The summed E-state index contributed by atoms with van der Waals surface area (Å²) in [5.74, 6) is 4.68. The van der Waals surface area contributed by atoms with Gasteiger partial charge in [-0.3, -0.25) is 0 Å². The molecule has 5 heterocycles. The number of ether oxygens (including phenoxy) is 3. The first-order chi connectivity index (χ1) is 37.0. The lowest BCUT2D eigenvalue weighted by molar-refractivity contribution is 0.0123. The van der Waals surface area contributed by atoms with Crippen LogP contribution in [0.1, 0.15) is 119 Å². The third-order valence-electron chi connectivity index (χ3n) is 17.2. The van der Waals surface area contributed by atoms with Gasteiger partial charge >= 0.3 is 0 Å². The third-order valence-corrected chi connectivity index (χ3v) is 19.4. The van der Waals surface area contributed by atoms with Crippen molar-refractivity contribution in [2.24, 2.45) is 0 Å². The SMILES string of the molecule is CCCCc1c2c3c(c(CCCC)c1-c1c4cc/c(=[N+](/CCO)CCOC(c5ccccc5)(c5ccc(OC)cc5)c5ccc(OC)cc5)cc-4oc4c5c6c(cc14)C(C)(C)CCN6CCC5(C)C)SCCN3CCS2. The van der Waals surface area contributed by atoms with Gasteiger partial charge < -0.3 is 33.5 Å². The molecule has 0 aromatic heterocycles. The first-order valence-electron chi connectivity index (χ1n) is 28.2. The van der Waals surface area contributed by atoms with Crippen LogP contribution in [0.2, 0.25) is 0 Å². The van der Waals surface area contributed by atoms with Gasteiger partial charge in [0.15, 0.2) is 13.1 Å². The Morgan fingerprint density at radius 2 is 1.24 bits per heavy atom. The highest BCUT2D eigenvalue weighted by Crippen LogP contribution is 2.58. The van der Waals surface area contributed by atoms with E-state index in [2.05, 4.69) is 152 Å². The van der Waals surface area contributed by atoms with Crippen LogP contribution in [0, 0.1) is 0 Å². The smallest absolute Gasteiger partial charge is 0.203 e. The third kappa shape index (κ3) is 9.30. The van der Waals surface area contributed by atoms with Gasteiger partial charge in [-0.05, 0) is 125 Å². The van der Waals surface area contributed by atoms with Gasteiger partial charge in [0.25, 0.3) is 0 Å². The molecule has 5 aromatic carbocycles. The minimum absolute atomic E-state index is 0.00806. The fourth-order valence-electron chi connectivity index (χ4n) is 13.0. The van der Waals surface area contributed by atoms with Crippen LogP contribution in [-0.2, 0) is 34.0 Å². The zero-order valence-electron chi connectivity index (χ0n) is 46.3. The maximum atomic E-state index is 10.9. The highest BCUT2D eigenvalue weighted by molar-refractivity contribution is 8.00. The fourth-order valence-corrected chi connectivity index (χ4v) is 15.6. The van der Waals surface area contributed by atoms with Crippen molar-refractivity contribution in [3.63, 3.8) is 0 Å². The van der Waals surface area contributed by atoms with Crippen LogP contribution in [0.25, 0.3) is 33.4 Å². The van der Waals surface area contributed by atoms with Crippen LogP contribution in [0.4, 0.5) is 11.4 Å². The van der Waals surface area contributed by atoms with Crippen LogP contribution in [0.15, 0.2) is 117 Å². The first-order valence-corrected chi connectivity index (χ1v) is 30.2. The molecule has 11 rings (SSSR count). The van der Waals surface area contributed by atoms with Crippen LogP contribution in [-0.4, -0.2) is 83.3 Å². The van der Waals surface area contributed by atoms with E-state index in [1.54, 1.807) is 25.3 Å². The Kier molecular flexibility index (Phi) is 15.1. The minimum atomic E-state index is -0.972. The molecule has 1 aliphatic carbocycles. The molecule has 0 amide bonds. The summed E-state index contributed by atoms with van der Waals surface area (Å²) in [6.07, 6.45) is 8.88. The number of aliphatic hydroxyl groups excluding tert-OH is 1. The molecule has 1 N–H and O–H groups in total. The van der Waals surface area contributed by atoms with Crippen molar-refractivity contribution in [1.29, 1.82) is 0 Å². The molecule has 76 heavy (non-hydrogen) atoms. The van der Waals surface area contributed by atoms with Gasteiger partial charge in [-0.25, -0.2) is 4.58 Å². The molecule has 0 fully saturated rings. The van der Waals surface area contributed by atoms with E-state index in [1.165, 1.54) is 48.8 Å². The van der Waals surface area contributed by atoms with Crippen molar-refractivity contribution in [3.05, 3.63) is 147 Å². The van der Waals surface area contributed by atoms with E-state index in [0.717, 1.165) is 140 Å². The monoisotopic (exact) mass is 1060 g/mol. The van der Waals surface area contributed by atoms with E-state index in [0.29, 0.717) is 19.7 Å². The van der Waals surface area contributed by atoms with E-state index in [4.69, 9.17) is 18.6 Å². The number of benzene rings is 6. The molecule has 5 aliphatic heterocycles. The Hall–Kier alpha value is -5.39. The zero-order valence-corrected chi connectivity index (χ0v) is 47.9. The van der Waals surface area contributed by atoms with E-state index >= 15 is 0 Å². The first kappa shape index (κ1) is 52.7. The topological polar surface area (TPSA) is 70.5 Å². The van der Waals surface area contributed by atoms with Gasteiger partial charge in [0.1, 0.15) is 41.7 Å². The second kappa shape index (κ2) is 21.8. The number of thioether (sulfide) groups is 2. The average Bonchev–Trinajstić information content (AvgIpc) is 3.63.